The first kappa shape index (κ1) is 14.6. The average Bonchev–Trinajstić information content (AvgIpc) is 2.72. The Kier molecular flexibility index (Phi) is 4.71. The Bertz CT molecular complexity index is 636. The maximum absolute atomic E-state index is 3.14. The lowest BCUT2D eigenvalue weighted by Gasteiger charge is -2.26. The Hall–Kier alpha value is -2.32. The molecule has 0 radical (unpaired) electrons. The van der Waals surface area contributed by atoms with Gasteiger partial charge in [0.05, 0.1) is 0 Å². The number of rotatable bonds is 5. The van der Waals surface area contributed by atoms with Gasteiger partial charge >= 0.3 is 0 Å². The van der Waals surface area contributed by atoms with Crippen LogP contribution in [0.25, 0.3) is 12.2 Å². The maximum Gasteiger partial charge on any atom is 0.0484 e. The summed E-state index contributed by atoms with van der Waals surface area (Å²) in [6.07, 6.45) is 9.90. The second-order valence-corrected chi connectivity index (χ2v) is 5.42. The number of likely N-dealkylation sites (N-methyl/N-ethyl adjacent to an activating group) is 1. The topological polar surface area (TPSA) is 15.3 Å². The second-order valence-electron chi connectivity index (χ2n) is 5.42. The molecule has 1 aliphatic rings. The van der Waals surface area contributed by atoms with Crippen molar-refractivity contribution in [3.8, 4) is 0 Å². The van der Waals surface area contributed by atoms with Crippen LogP contribution in [-0.2, 0) is 0 Å². The van der Waals surface area contributed by atoms with Gasteiger partial charge in [-0.1, -0.05) is 60.7 Å². The van der Waals surface area contributed by atoms with Gasteiger partial charge in [0, 0.05) is 24.5 Å². The molecule has 0 amide bonds. The quantitative estimate of drug-likeness (QED) is 0.817. The number of hydrogen-bond acceptors (Lipinski definition) is 2. The molecule has 2 aromatic rings. The van der Waals surface area contributed by atoms with E-state index in [1.807, 2.05) is 7.05 Å². The summed E-state index contributed by atoms with van der Waals surface area (Å²) in [5, 5.41) is 3.14. The van der Waals surface area contributed by atoms with Crippen molar-refractivity contribution < 1.29 is 0 Å². The Labute approximate surface area is 132 Å². The summed E-state index contributed by atoms with van der Waals surface area (Å²) in [6, 6.07) is 17.2. The minimum Gasteiger partial charge on any atom is -0.340 e. The van der Waals surface area contributed by atoms with Gasteiger partial charge in [0.15, 0.2) is 0 Å². The molecule has 0 saturated heterocycles. The SMILES string of the molecule is CNC/C=C/CCN1c2ccccc2C=Cc2ccccc21. The van der Waals surface area contributed by atoms with E-state index in [0.29, 0.717) is 0 Å². The molecule has 2 heteroatoms. The first-order valence-corrected chi connectivity index (χ1v) is 7.83. The van der Waals surface area contributed by atoms with Crippen LogP contribution in [0.1, 0.15) is 17.5 Å². The van der Waals surface area contributed by atoms with Crippen LogP contribution in [0, 0.1) is 0 Å². The van der Waals surface area contributed by atoms with Crippen molar-refractivity contribution in [2.24, 2.45) is 0 Å². The highest BCUT2D eigenvalue weighted by atomic mass is 15.1. The van der Waals surface area contributed by atoms with E-state index in [1.165, 1.54) is 22.5 Å². The Morgan fingerprint density at radius 1 is 0.864 bits per heavy atom. The Morgan fingerprint density at radius 3 is 2.05 bits per heavy atom. The summed E-state index contributed by atoms with van der Waals surface area (Å²) in [5.74, 6) is 0. The molecule has 0 bridgehead atoms. The van der Waals surface area contributed by atoms with Crippen LogP contribution < -0.4 is 10.2 Å². The zero-order valence-corrected chi connectivity index (χ0v) is 13.0. The van der Waals surface area contributed by atoms with E-state index in [2.05, 4.69) is 83.1 Å². The average molecular weight is 290 g/mol. The largest absolute Gasteiger partial charge is 0.340 e. The number of fused-ring (bicyclic) bond motifs is 2. The summed E-state index contributed by atoms with van der Waals surface area (Å²) in [7, 11) is 1.97. The monoisotopic (exact) mass is 290 g/mol. The number of benzene rings is 2. The standard InChI is InChI=1S/C20H22N2/c1-21-15-7-2-8-16-22-19-11-5-3-9-17(19)13-14-18-10-4-6-12-20(18)22/h2-7,9-14,21H,8,15-16H2,1H3/b7-2+. The minimum absolute atomic E-state index is 0.925. The third kappa shape index (κ3) is 3.12. The summed E-state index contributed by atoms with van der Waals surface area (Å²) in [4.78, 5) is 2.42. The number of hydrogen-bond donors (Lipinski definition) is 1. The number of nitrogens with zero attached hydrogens (tertiary/aromatic N) is 1. The molecule has 112 valence electrons. The molecule has 0 aliphatic carbocycles. The van der Waals surface area contributed by atoms with Gasteiger partial charge in [0.2, 0.25) is 0 Å². The molecule has 0 unspecified atom stereocenters. The summed E-state index contributed by atoms with van der Waals surface area (Å²) < 4.78 is 0. The first-order chi connectivity index (χ1) is 10.9. The van der Waals surface area contributed by atoms with E-state index in [0.717, 1.165) is 19.5 Å². The summed E-state index contributed by atoms with van der Waals surface area (Å²) in [6.45, 7) is 1.91. The maximum atomic E-state index is 3.14. The normalized spacial score (nSPS) is 13.0. The molecule has 2 nitrogen and oxygen atoms in total. The number of anilines is 2. The van der Waals surface area contributed by atoms with Gasteiger partial charge < -0.3 is 10.2 Å². The highest BCUT2D eigenvalue weighted by molar-refractivity contribution is 5.88. The van der Waals surface area contributed by atoms with E-state index in [-0.39, 0.29) is 0 Å². The van der Waals surface area contributed by atoms with Gasteiger partial charge in [-0.05, 0) is 36.7 Å². The van der Waals surface area contributed by atoms with Crippen LogP contribution in [0.15, 0.2) is 60.7 Å². The van der Waals surface area contributed by atoms with Gasteiger partial charge in [-0.3, -0.25) is 0 Å². The molecule has 0 fully saturated rings. The van der Waals surface area contributed by atoms with Crippen LogP contribution in [0.5, 0.6) is 0 Å². The fraction of sp³-hybridized carbons (Fsp3) is 0.200. The molecular formula is C20H22N2. The molecule has 3 rings (SSSR count). The zero-order valence-electron chi connectivity index (χ0n) is 13.0. The van der Waals surface area contributed by atoms with Crippen LogP contribution in [-0.4, -0.2) is 20.1 Å². The molecule has 0 spiro atoms. The Balaban J connectivity index is 1.91. The van der Waals surface area contributed by atoms with Crippen LogP contribution in [0.2, 0.25) is 0 Å². The molecule has 0 aromatic heterocycles. The van der Waals surface area contributed by atoms with E-state index in [9.17, 15) is 0 Å². The van der Waals surface area contributed by atoms with Crippen molar-refractivity contribution in [1.82, 2.24) is 5.32 Å². The van der Waals surface area contributed by atoms with Crippen molar-refractivity contribution in [2.45, 2.75) is 6.42 Å². The fourth-order valence-electron chi connectivity index (χ4n) is 2.82. The molecule has 1 N–H and O–H groups in total. The minimum atomic E-state index is 0.925. The molecule has 2 aromatic carbocycles. The lowest BCUT2D eigenvalue weighted by molar-refractivity contribution is 0.900. The predicted octanol–water partition coefficient (Wildman–Crippen LogP) is 4.47. The van der Waals surface area contributed by atoms with Gasteiger partial charge in [-0.15, -0.1) is 0 Å². The van der Waals surface area contributed by atoms with Crippen LogP contribution in [0.3, 0.4) is 0 Å². The molecule has 0 saturated carbocycles. The predicted molar refractivity (Wildman–Crippen MR) is 96.5 cm³/mol. The van der Waals surface area contributed by atoms with E-state index in [4.69, 9.17) is 0 Å². The van der Waals surface area contributed by atoms with Crippen molar-refractivity contribution in [3.05, 3.63) is 71.8 Å². The molecule has 0 atom stereocenters. The van der Waals surface area contributed by atoms with Crippen molar-refractivity contribution in [2.75, 3.05) is 25.0 Å². The van der Waals surface area contributed by atoms with Crippen molar-refractivity contribution >= 4 is 23.5 Å². The van der Waals surface area contributed by atoms with E-state index >= 15 is 0 Å². The Morgan fingerprint density at radius 2 is 1.45 bits per heavy atom. The summed E-state index contributed by atoms with van der Waals surface area (Å²) >= 11 is 0. The van der Waals surface area contributed by atoms with Crippen molar-refractivity contribution in [3.63, 3.8) is 0 Å². The highest BCUT2D eigenvalue weighted by Crippen LogP contribution is 2.36. The fourth-order valence-corrected chi connectivity index (χ4v) is 2.82. The molecule has 1 aliphatic heterocycles. The van der Waals surface area contributed by atoms with Crippen LogP contribution >= 0.6 is 0 Å². The smallest absolute Gasteiger partial charge is 0.0484 e. The number of nitrogens with one attached hydrogen (secondary N) is 1. The molecular weight excluding hydrogens is 268 g/mol. The van der Waals surface area contributed by atoms with Gasteiger partial charge in [0.1, 0.15) is 0 Å². The lowest BCUT2D eigenvalue weighted by Crippen LogP contribution is -2.19. The highest BCUT2D eigenvalue weighted by Gasteiger charge is 2.16. The first-order valence-electron chi connectivity index (χ1n) is 7.83. The third-order valence-electron chi connectivity index (χ3n) is 3.91. The zero-order chi connectivity index (χ0) is 15.2. The van der Waals surface area contributed by atoms with E-state index in [1.54, 1.807) is 0 Å². The van der Waals surface area contributed by atoms with Crippen LogP contribution in [0.4, 0.5) is 11.4 Å². The van der Waals surface area contributed by atoms with Gasteiger partial charge in [-0.2, -0.15) is 0 Å². The molecule has 1 heterocycles. The molecule has 22 heavy (non-hydrogen) atoms. The van der Waals surface area contributed by atoms with Gasteiger partial charge in [0.25, 0.3) is 0 Å². The number of para-hydroxylation sites is 2. The van der Waals surface area contributed by atoms with Crippen molar-refractivity contribution in [1.29, 1.82) is 0 Å². The van der Waals surface area contributed by atoms with E-state index < -0.39 is 0 Å². The van der Waals surface area contributed by atoms with Gasteiger partial charge in [-0.25, -0.2) is 0 Å². The third-order valence-corrected chi connectivity index (χ3v) is 3.91. The second kappa shape index (κ2) is 7.10. The summed E-state index contributed by atoms with van der Waals surface area (Å²) in [5.41, 5.74) is 5.12. The lowest BCUT2D eigenvalue weighted by atomic mass is 10.1.